The minimum Gasteiger partial charge on any atom is -0.205 e. The second-order valence-corrected chi connectivity index (χ2v) is 4.84. The Morgan fingerprint density at radius 3 is 2.71 bits per heavy atom. The smallest absolute Gasteiger partial charge is 0.205 e. The molecule has 0 aliphatic heterocycles. The molecular weight excluding hydrogens is 294 g/mol. The summed E-state index contributed by atoms with van der Waals surface area (Å²) in [6.07, 6.45) is -2.44. The van der Waals surface area contributed by atoms with Gasteiger partial charge in [0, 0.05) is 20.8 Å². The molecule has 0 amide bonds. The van der Waals surface area contributed by atoms with Gasteiger partial charge in [-0.1, -0.05) is 17.7 Å². The average Bonchev–Trinajstić information content (AvgIpc) is 2.55. The molecule has 0 atom stereocenters. The molecule has 0 nitrogen and oxygen atoms in total. The average molecular weight is 298 g/mol. The summed E-state index contributed by atoms with van der Waals surface area (Å²) in [6.45, 7) is 0. The monoisotopic (exact) mass is 296 g/mol. The van der Waals surface area contributed by atoms with E-state index >= 15 is 0 Å². The van der Waals surface area contributed by atoms with Crippen LogP contribution in [0.4, 0.5) is 8.78 Å². The van der Waals surface area contributed by atoms with Gasteiger partial charge in [-0.25, -0.2) is 8.78 Å². The van der Waals surface area contributed by atoms with E-state index in [2.05, 4.69) is 15.9 Å². The molecular formula is C9H4BrClF2S. The molecule has 0 spiro atoms. The van der Waals surface area contributed by atoms with Gasteiger partial charge in [-0.05, 0) is 22.0 Å². The van der Waals surface area contributed by atoms with Crippen molar-refractivity contribution in [2.24, 2.45) is 0 Å². The van der Waals surface area contributed by atoms with Crippen LogP contribution in [-0.2, 0) is 0 Å². The van der Waals surface area contributed by atoms with Crippen LogP contribution >= 0.6 is 38.9 Å². The summed E-state index contributed by atoms with van der Waals surface area (Å²) in [4.78, 5) is 0. The van der Waals surface area contributed by atoms with Crippen molar-refractivity contribution in [1.29, 1.82) is 0 Å². The first kappa shape index (κ1) is 10.3. The Morgan fingerprint density at radius 1 is 1.36 bits per heavy atom. The van der Waals surface area contributed by atoms with E-state index in [4.69, 9.17) is 11.6 Å². The van der Waals surface area contributed by atoms with Crippen molar-refractivity contribution in [3.8, 4) is 0 Å². The van der Waals surface area contributed by atoms with Crippen LogP contribution in [0.15, 0.2) is 22.0 Å². The van der Waals surface area contributed by atoms with Crippen LogP contribution in [0.1, 0.15) is 12.0 Å². The maximum Gasteiger partial charge on any atom is 0.265 e. The van der Waals surface area contributed by atoms with Gasteiger partial charge >= 0.3 is 0 Å². The van der Waals surface area contributed by atoms with Crippen molar-refractivity contribution in [2.45, 2.75) is 6.43 Å². The van der Waals surface area contributed by atoms with E-state index in [1.807, 2.05) is 0 Å². The number of alkyl halides is 2. The van der Waals surface area contributed by atoms with Gasteiger partial charge in [0.25, 0.3) is 6.43 Å². The van der Waals surface area contributed by atoms with Crippen LogP contribution in [0.3, 0.4) is 0 Å². The summed E-state index contributed by atoms with van der Waals surface area (Å²) in [7, 11) is 0. The van der Waals surface area contributed by atoms with Gasteiger partial charge in [-0.2, -0.15) is 0 Å². The standard InChI is InChI=1S/C9H4BrClF2S/c10-6-2-1-4-5(9(12)13)3-14-8(4)7(6)11/h1-3,9H. The largest absolute Gasteiger partial charge is 0.265 e. The Labute approximate surface area is 96.6 Å². The van der Waals surface area contributed by atoms with E-state index < -0.39 is 6.43 Å². The molecule has 0 saturated heterocycles. The summed E-state index contributed by atoms with van der Waals surface area (Å²) >= 11 is 10.5. The first-order valence-electron chi connectivity index (χ1n) is 3.74. The van der Waals surface area contributed by atoms with E-state index in [0.717, 1.165) is 4.47 Å². The molecule has 1 aromatic heterocycles. The maximum absolute atomic E-state index is 12.5. The first-order valence-corrected chi connectivity index (χ1v) is 5.79. The third-order valence-corrected chi connectivity index (χ3v) is 4.33. The summed E-state index contributed by atoms with van der Waals surface area (Å²) in [6, 6.07) is 3.34. The van der Waals surface area contributed by atoms with E-state index in [0.29, 0.717) is 15.1 Å². The van der Waals surface area contributed by atoms with Gasteiger partial charge < -0.3 is 0 Å². The molecule has 0 radical (unpaired) electrons. The first-order chi connectivity index (χ1) is 6.61. The topological polar surface area (TPSA) is 0 Å². The van der Waals surface area contributed by atoms with Crippen molar-refractivity contribution in [1.82, 2.24) is 0 Å². The number of thiophene rings is 1. The molecule has 0 fully saturated rings. The number of hydrogen-bond donors (Lipinski definition) is 0. The zero-order chi connectivity index (χ0) is 10.3. The van der Waals surface area contributed by atoms with Crippen LogP contribution in [-0.4, -0.2) is 0 Å². The minimum absolute atomic E-state index is 0.0550. The quantitative estimate of drug-likeness (QED) is 0.674. The SMILES string of the molecule is FC(F)c1csc2c(Cl)c(Br)ccc12. The Morgan fingerprint density at radius 2 is 2.07 bits per heavy atom. The highest BCUT2D eigenvalue weighted by Crippen LogP contribution is 2.39. The predicted molar refractivity (Wildman–Crippen MR) is 59.5 cm³/mol. The molecule has 5 heteroatoms. The van der Waals surface area contributed by atoms with Gasteiger partial charge in [-0.15, -0.1) is 11.3 Å². The fourth-order valence-electron chi connectivity index (χ4n) is 1.23. The van der Waals surface area contributed by atoms with Crippen LogP contribution < -0.4 is 0 Å². The van der Waals surface area contributed by atoms with E-state index in [1.165, 1.54) is 16.7 Å². The van der Waals surface area contributed by atoms with Gasteiger partial charge in [0.1, 0.15) is 0 Å². The molecule has 0 saturated carbocycles. The van der Waals surface area contributed by atoms with Crippen LogP contribution in [0.5, 0.6) is 0 Å². The third kappa shape index (κ3) is 1.55. The van der Waals surface area contributed by atoms with Crippen molar-refractivity contribution in [2.75, 3.05) is 0 Å². The zero-order valence-electron chi connectivity index (χ0n) is 6.73. The van der Waals surface area contributed by atoms with Gasteiger partial charge in [0.15, 0.2) is 0 Å². The van der Waals surface area contributed by atoms with E-state index in [-0.39, 0.29) is 5.56 Å². The van der Waals surface area contributed by atoms with Crippen molar-refractivity contribution >= 4 is 49.0 Å². The second kappa shape index (κ2) is 3.76. The van der Waals surface area contributed by atoms with Crippen molar-refractivity contribution < 1.29 is 8.78 Å². The molecule has 2 rings (SSSR count). The molecule has 0 N–H and O–H groups in total. The van der Waals surface area contributed by atoms with Crippen LogP contribution in [0.2, 0.25) is 5.02 Å². The Kier molecular flexibility index (Phi) is 2.77. The lowest BCUT2D eigenvalue weighted by molar-refractivity contribution is 0.153. The maximum atomic E-state index is 12.5. The summed E-state index contributed by atoms with van der Waals surface area (Å²) in [5, 5.41) is 2.49. The highest BCUT2D eigenvalue weighted by Gasteiger charge is 2.15. The van der Waals surface area contributed by atoms with Gasteiger partial charge in [-0.3, -0.25) is 0 Å². The molecule has 0 bridgehead atoms. The van der Waals surface area contributed by atoms with Crippen molar-refractivity contribution in [3.63, 3.8) is 0 Å². The van der Waals surface area contributed by atoms with E-state index in [1.54, 1.807) is 12.1 Å². The molecule has 0 aliphatic carbocycles. The summed E-state index contributed by atoms with van der Waals surface area (Å²) < 4.78 is 26.5. The Bertz CT molecular complexity index is 481. The Hall–Kier alpha value is -0.190. The number of benzene rings is 1. The lowest BCUT2D eigenvalue weighted by Gasteiger charge is -1.99. The van der Waals surface area contributed by atoms with Crippen LogP contribution in [0.25, 0.3) is 10.1 Å². The lowest BCUT2D eigenvalue weighted by Crippen LogP contribution is -1.80. The molecule has 0 aliphatic rings. The van der Waals surface area contributed by atoms with Gasteiger partial charge in [0.2, 0.25) is 0 Å². The Balaban J connectivity index is 2.77. The molecule has 1 heterocycles. The number of fused-ring (bicyclic) bond motifs is 1. The molecule has 1 aromatic carbocycles. The number of halogens is 4. The minimum atomic E-state index is -2.44. The molecule has 0 unspecified atom stereocenters. The zero-order valence-corrected chi connectivity index (χ0v) is 9.89. The number of rotatable bonds is 1. The highest BCUT2D eigenvalue weighted by molar-refractivity contribution is 9.10. The molecule has 74 valence electrons. The fraction of sp³-hybridized carbons (Fsp3) is 0.111. The summed E-state index contributed by atoms with van der Waals surface area (Å²) in [5.74, 6) is 0. The van der Waals surface area contributed by atoms with E-state index in [9.17, 15) is 8.78 Å². The fourth-order valence-corrected chi connectivity index (χ4v) is 2.99. The van der Waals surface area contributed by atoms with Gasteiger partial charge in [0.05, 0.1) is 9.72 Å². The normalized spacial score (nSPS) is 11.5. The van der Waals surface area contributed by atoms with Crippen LogP contribution in [0, 0.1) is 0 Å². The molecule has 2 aromatic rings. The van der Waals surface area contributed by atoms with Crippen molar-refractivity contribution in [3.05, 3.63) is 32.6 Å². The summed E-state index contributed by atoms with van der Waals surface area (Å²) in [5.41, 5.74) is 0.0550. The predicted octanol–water partition coefficient (Wildman–Crippen LogP) is 5.25. The number of hydrogen-bond acceptors (Lipinski definition) is 1. The third-order valence-electron chi connectivity index (χ3n) is 1.90. The highest BCUT2D eigenvalue weighted by atomic mass is 79.9. The lowest BCUT2D eigenvalue weighted by atomic mass is 10.2. The second-order valence-electron chi connectivity index (χ2n) is 2.73. The molecule has 14 heavy (non-hydrogen) atoms.